The highest BCUT2D eigenvalue weighted by atomic mass is 79.9. The molecule has 0 fully saturated rings. The monoisotopic (exact) mass is 370 g/mol. The van der Waals surface area contributed by atoms with Gasteiger partial charge in [-0.15, -0.1) is 10.2 Å². The number of pyridine rings is 1. The Labute approximate surface area is 142 Å². The van der Waals surface area contributed by atoms with E-state index in [9.17, 15) is 4.79 Å². The van der Waals surface area contributed by atoms with Crippen LogP contribution in [0.3, 0.4) is 0 Å². The number of rotatable bonds is 4. The average Bonchev–Trinajstić information content (AvgIpc) is 2.95. The summed E-state index contributed by atoms with van der Waals surface area (Å²) in [5, 5.41) is 10.9. The van der Waals surface area contributed by atoms with Crippen molar-refractivity contribution in [3.63, 3.8) is 0 Å². The third-order valence-corrected chi connectivity index (χ3v) is 4.06. The van der Waals surface area contributed by atoms with Crippen molar-refractivity contribution in [2.24, 2.45) is 0 Å². The zero-order chi connectivity index (χ0) is 16.2. The van der Waals surface area contributed by atoms with E-state index in [1.54, 1.807) is 6.08 Å². The van der Waals surface area contributed by atoms with Gasteiger partial charge in [0.2, 0.25) is 5.91 Å². The largest absolute Gasteiger partial charge is 0.345 e. The molecule has 2 aromatic heterocycles. The minimum absolute atomic E-state index is 0.176. The van der Waals surface area contributed by atoms with Crippen molar-refractivity contribution in [1.82, 2.24) is 19.9 Å². The number of amides is 1. The van der Waals surface area contributed by atoms with Crippen LogP contribution < -0.4 is 5.32 Å². The first-order valence-corrected chi connectivity index (χ1v) is 7.93. The Morgan fingerprint density at radius 2 is 2.17 bits per heavy atom. The molecule has 1 N–H and O–H groups in total. The lowest BCUT2D eigenvalue weighted by Crippen LogP contribution is -2.21. The van der Waals surface area contributed by atoms with Crippen molar-refractivity contribution < 1.29 is 4.79 Å². The Morgan fingerprint density at radius 3 is 3.00 bits per heavy atom. The van der Waals surface area contributed by atoms with Gasteiger partial charge in [0.05, 0.1) is 6.54 Å². The summed E-state index contributed by atoms with van der Waals surface area (Å²) in [6, 6.07) is 11.7. The third kappa shape index (κ3) is 3.65. The predicted molar refractivity (Wildman–Crippen MR) is 92.7 cm³/mol. The number of benzene rings is 1. The lowest BCUT2D eigenvalue weighted by Gasteiger charge is -2.02. The van der Waals surface area contributed by atoms with Gasteiger partial charge >= 0.3 is 0 Å². The summed E-state index contributed by atoms with van der Waals surface area (Å²) in [5.74, 6) is 0.518. The van der Waals surface area contributed by atoms with E-state index in [2.05, 4.69) is 31.4 Å². The SMILES string of the molecule is Cc1ccc(C=CC(=O)NCc2nnc3ccccn23)c(Br)c1. The molecule has 0 spiro atoms. The number of nitrogens with zero attached hydrogens (tertiary/aromatic N) is 3. The van der Waals surface area contributed by atoms with Gasteiger partial charge in [-0.2, -0.15) is 0 Å². The smallest absolute Gasteiger partial charge is 0.244 e. The van der Waals surface area contributed by atoms with Crippen molar-refractivity contribution >= 4 is 33.6 Å². The molecule has 0 saturated carbocycles. The summed E-state index contributed by atoms with van der Waals surface area (Å²) in [6.45, 7) is 2.34. The van der Waals surface area contributed by atoms with Gasteiger partial charge in [-0.05, 0) is 42.3 Å². The van der Waals surface area contributed by atoms with E-state index in [-0.39, 0.29) is 5.91 Å². The second-order valence-electron chi connectivity index (χ2n) is 5.12. The molecule has 0 aliphatic carbocycles. The van der Waals surface area contributed by atoms with Gasteiger partial charge in [0, 0.05) is 16.7 Å². The van der Waals surface area contributed by atoms with Gasteiger partial charge in [0.25, 0.3) is 0 Å². The van der Waals surface area contributed by atoms with Crippen LogP contribution in [0.15, 0.2) is 53.1 Å². The molecule has 1 aromatic carbocycles. The highest BCUT2D eigenvalue weighted by Crippen LogP contribution is 2.19. The molecular formula is C17H15BrN4O. The second kappa shape index (κ2) is 6.75. The maximum Gasteiger partial charge on any atom is 0.244 e. The van der Waals surface area contributed by atoms with Crippen molar-refractivity contribution in [3.05, 3.63) is 70.1 Å². The fraction of sp³-hybridized carbons (Fsp3) is 0.118. The van der Waals surface area contributed by atoms with Crippen LogP contribution in [-0.2, 0) is 11.3 Å². The number of aryl methyl sites for hydroxylation is 1. The van der Waals surface area contributed by atoms with E-state index in [0.717, 1.165) is 21.2 Å². The number of fused-ring (bicyclic) bond motifs is 1. The number of carbonyl (C=O) groups excluding carboxylic acids is 1. The first-order chi connectivity index (χ1) is 11.1. The maximum atomic E-state index is 12.0. The molecule has 0 bridgehead atoms. The van der Waals surface area contributed by atoms with Gasteiger partial charge in [-0.1, -0.05) is 34.1 Å². The molecular weight excluding hydrogens is 356 g/mol. The van der Waals surface area contributed by atoms with Crippen LogP contribution in [0.2, 0.25) is 0 Å². The third-order valence-electron chi connectivity index (χ3n) is 3.38. The summed E-state index contributed by atoms with van der Waals surface area (Å²) in [6.07, 6.45) is 5.16. The van der Waals surface area contributed by atoms with Crippen molar-refractivity contribution in [3.8, 4) is 0 Å². The molecule has 0 radical (unpaired) electrons. The fourth-order valence-corrected chi connectivity index (χ4v) is 2.79. The molecule has 1 amide bonds. The number of hydrogen-bond acceptors (Lipinski definition) is 3. The highest BCUT2D eigenvalue weighted by Gasteiger charge is 2.05. The molecule has 5 nitrogen and oxygen atoms in total. The van der Waals surface area contributed by atoms with Crippen LogP contribution in [0.5, 0.6) is 0 Å². The van der Waals surface area contributed by atoms with Crippen LogP contribution in [0.25, 0.3) is 11.7 Å². The average molecular weight is 371 g/mol. The van der Waals surface area contributed by atoms with E-state index >= 15 is 0 Å². The van der Waals surface area contributed by atoms with Crippen LogP contribution in [-0.4, -0.2) is 20.5 Å². The molecule has 3 aromatic rings. The standard InChI is InChI=1S/C17H15BrN4O/c1-12-5-6-13(14(18)10-12)7-8-17(23)19-11-16-21-20-15-4-2-3-9-22(15)16/h2-10H,11H2,1H3,(H,19,23). The quantitative estimate of drug-likeness (QED) is 0.717. The normalized spacial score (nSPS) is 11.2. The number of nitrogens with one attached hydrogen (secondary N) is 1. The summed E-state index contributed by atoms with van der Waals surface area (Å²) in [4.78, 5) is 12.0. The molecule has 6 heteroatoms. The lowest BCUT2D eigenvalue weighted by molar-refractivity contribution is -0.116. The van der Waals surface area contributed by atoms with Crippen LogP contribution in [0.1, 0.15) is 17.0 Å². The Bertz CT molecular complexity index is 885. The van der Waals surface area contributed by atoms with E-state index in [0.29, 0.717) is 12.4 Å². The Hall–Kier alpha value is -2.47. The van der Waals surface area contributed by atoms with Gasteiger partial charge < -0.3 is 5.32 Å². The maximum absolute atomic E-state index is 12.0. The van der Waals surface area contributed by atoms with E-state index in [1.165, 1.54) is 6.08 Å². The Balaban J connectivity index is 1.64. The van der Waals surface area contributed by atoms with Gasteiger partial charge in [-0.25, -0.2) is 0 Å². The van der Waals surface area contributed by atoms with Crippen molar-refractivity contribution in [2.75, 3.05) is 0 Å². The van der Waals surface area contributed by atoms with Gasteiger partial charge in [-0.3, -0.25) is 9.20 Å². The summed E-state index contributed by atoms with van der Waals surface area (Å²) in [5.41, 5.74) is 2.88. The highest BCUT2D eigenvalue weighted by molar-refractivity contribution is 9.10. The molecule has 0 aliphatic rings. The molecule has 3 rings (SSSR count). The Morgan fingerprint density at radius 1 is 1.30 bits per heavy atom. The molecule has 0 aliphatic heterocycles. The zero-order valence-corrected chi connectivity index (χ0v) is 14.1. The number of aromatic nitrogens is 3. The molecule has 23 heavy (non-hydrogen) atoms. The molecule has 0 atom stereocenters. The minimum atomic E-state index is -0.176. The van der Waals surface area contributed by atoms with E-state index < -0.39 is 0 Å². The summed E-state index contributed by atoms with van der Waals surface area (Å²) in [7, 11) is 0. The first kappa shape index (κ1) is 15.4. The zero-order valence-electron chi connectivity index (χ0n) is 12.5. The lowest BCUT2D eigenvalue weighted by atomic mass is 10.1. The molecule has 116 valence electrons. The topological polar surface area (TPSA) is 59.3 Å². The minimum Gasteiger partial charge on any atom is -0.345 e. The van der Waals surface area contributed by atoms with E-state index in [1.807, 2.05) is 53.9 Å². The summed E-state index contributed by atoms with van der Waals surface area (Å²) >= 11 is 3.49. The van der Waals surface area contributed by atoms with Gasteiger partial charge in [0.1, 0.15) is 0 Å². The van der Waals surface area contributed by atoms with Crippen molar-refractivity contribution in [2.45, 2.75) is 13.5 Å². The number of carbonyl (C=O) groups is 1. The second-order valence-corrected chi connectivity index (χ2v) is 5.98. The number of halogens is 1. The van der Waals surface area contributed by atoms with E-state index in [4.69, 9.17) is 0 Å². The molecule has 0 unspecified atom stereocenters. The van der Waals surface area contributed by atoms with Crippen molar-refractivity contribution in [1.29, 1.82) is 0 Å². The predicted octanol–water partition coefficient (Wildman–Crippen LogP) is 3.13. The van der Waals surface area contributed by atoms with Crippen LogP contribution in [0.4, 0.5) is 0 Å². The molecule has 0 saturated heterocycles. The fourth-order valence-electron chi connectivity index (χ4n) is 2.17. The van der Waals surface area contributed by atoms with Crippen LogP contribution in [0, 0.1) is 6.92 Å². The van der Waals surface area contributed by atoms with Gasteiger partial charge in [0.15, 0.2) is 11.5 Å². The first-order valence-electron chi connectivity index (χ1n) is 7.14. The number of hydrogen-bond donors (Lipinski definition) is 1. The van der Waals surface area contributed by atoms with Crippen LogP contribution >= 0.6 is 15.9 Å². The summed E-state index contributed by atoms with van der Waals surface area (Å²) < 4.78 is 2.81. The molecule has 2 heterocycles. The Kier molecular flexibility index (Phi) is 4.52.